The van der Waals surface area contributed by atoms with Gasteiger partial charge in [0.2, 0.25) is 0 Å². The second-order valence-corrected chi connectivity index (χ2v) is 6.05. The summed E-state index contributed by atoms with van der Waals surface area (Å²) in [5.74, 6) is -1.24. The lowest BCUT2D eigenvalue weighted by Crippen LogP contribution is -2.59. The van der Waals surface area contributed by atoms with Crippen molar-refractivity contribution < 1.29 is 14.7 Å². The zero-order chi connectivity index (χ0) is 16.1. The van der Waals surface area contributed by atoms with Crippen LogP contribution in [0.5, 0.6) is 0 Å². The highest BCUT2D eigenvalue weighted by molar-refractivity contribution is 5.79. The Balaban J connectivity index is 4.97. The lowest BCUT2D eigenvalue weighted by Gasteiger charge is -2.40. The molecule has 0 spiro atoms. The van der Waals surface area contributed by atoms with Crippen LogP contribution in [-0.4, -0.2) is 40.6 Å². The third kappa shape index (κ3) is 4.12. The first-order valence-corrected chi connectivity index (χ1v) is 6.69. The number of carboxylic acids is 1. The van der Waals surface area contributed by atoms with Crippen molar-refractivity contribution in [2.75, 3.05) is 13.1 Å². The van der Waals surface area contributed by atoms with E-state index in [0.717, 1.165) is 0 Å². The summed E-state index contributed by atoms with van der Waals surface area (Å²) >= 11 is 0. The smallest absolute Gasteiger partial charge is 0.317 e. The molecule has 0 heterocycles. The van der Waals surface area contributed by atoms with Gasteiger partial charge in [-0.2, -0.15) is 5.26 Å². The molecule has 6 nitrogen and oxygen atoms in total. The number of aliphatic carboxylic acids is 1. The van der Waals surface area contributed by atoms with Gasteiger partial charge in [-0.05, 0) is 41.5 Å². The maximum absolute atomic E-state index is 12.2. The molecule has 0 aliphatic heterocycles. The fraction of sp³-hybridized carbons (Fsp3) is 0.786. The average Bonchev–Trinajstić information content (AvgIpc) is 2.34. The summed E-state index contributed by atoms with van der Waals surface area (Å²) in [6, 6.07) is 1.73. The van der Waals surface area contributed by atoms with Crippen molar-refractivity contribution in [1.29, 1.82) is 5.26 Å². The number of rotatable bonds is 6. The Morgan fingerprint density at radius 3 is 2.20 bits per heavy atom. The van der Waals surface area contributed by atoms with Crippen LogP contribution in [0.15, 0.2) is 0 Å². The van der Waals surface area contributed by atoms with E-state index >= 15 is 0 Å². The molecule has 0 rings (SSSR count). The fourth-order valence-electron chi connectivity index (χ4n) is 1.50. The topological polar surface area (TPSA) is 93.4 Å². The lowest BCUT2D eigenvalue weighted by atomic mass is 9.74. The van der Waals surface area contributed by atoms with Gasteiger partial charge in [0.1, 0.15) is 0 Å². The third-order valence-electron chi connectivity index (χ3n) is 3.90. The van der Waals surface area contributed by atoms with Gasteiger partial charge < -0.3 is 15.3 Å². The van der Waals surface area contributed by atoms with Crippen molar-refractivity contribution in [1.82, 2.24) is 10.2 Å². The Labute approximate surface area is 120 Å². The van der Waals surface area contributed by atoms with Crippen LogP contribution >= 0.6 is 0 Å². The molecule has 1 unspecified atom stereocenters. The average molecular weight is 283 g/mol. The first-order chi connectivity index (χ1) is 8.99. The molecule has 0 radical (unpaired) electrons. The zero-order valence-electron chi connectivity index (χ0n) is 13.1. The molecule has 20 heavy (non-hydrogen) atoms. The molecule has 2 N–H and O–H groups in total. The minimum Gasteiger partial charge on any atom is -0.481 e. The van der Waals surface area contributed by atoms with Gasteiger partial charge in [-0.1, -0.05) is 0 Å². The molecule has 0 aliphatic rings. The normalized spacial score (nSPS) is 13.2. The van der Waals surface area contributed by atoms with Crippen LogP contribution in [0.25, 0.3) is 0 Å². The van der Waals surface area contributed by atoms with Crippen LogP contribution in [0.3, 0.4) is 0 Å². The van der Waals surface area contributed by atoms with Crippen molar-refractivity contribution in [3.63, 3.8) is 0 Å². The molecule has 2 amide bonds. The van der Waals surface area contributed by atoms with Crippen molar-refractivity contribution in [3.05, 3.63) is 0 Å². The van der Waals surface area contributed by atoms with E-state index in [1.165, 1.54) is 4.90 Å². The summed E-state index contributed by atoms with van der Waals surface area (Å²) in [6.45, 7) is 10.8. The minimum atomic E-state index is -1.11. The van der Waals surface area contributed by atoms with Gasteiger partial charge in [0.05, 0.1) is 22.9 Å². The second-order valence-electron chi connectivity index (χ2n) is 6.05. The first kappa shape index (κ1) is 18.2. The number of urea groups is 1. The van der Waals surface area contributed by atoms with E-state index < -0.39 is 16.9 Å². The summed E-state index contributed by atoms with van der Waals surface area (Å²) in [5, 5.41) is 20.8. The Morgan fingerprint density at radius 1 is 1.35 bits per heavy atom. The Morgan fingerprint density at radius 2 is 1.85 bits per heavy atom. The number of carbonyl (C=O) groups is 2. The summed E-state index contributed by atoms with van der Waals surface area (Å²) in [4.78, 5) is 25.0. The number of carbonyl (C=O) groups excluding carboxylic acids is 1. The monoisotopic (exact) mass is 283 g/mol. The van der Waals surface area contributed by atoms with E-state index in [4.69, 9.17) is 5.26 Å². The zero-order valence-corrected chi connectivity index (χ0v) is 13.1. The van der Waals surface area contributed by atoms with E-state index in [-0.39, 0.29) is 11.9 Å². The van der Waals surface area contributed by atoms with Gasteiger partial charge in [0.15, 0.2) is 0 Å². The van der Waals surface area contributed by atoms with Gasteiger partial charge in [0.25, 0.3) is 0 Å². The number of hydrogen-bond donors (Lipinski definition) is 2. The van der Waals surface area contributed by atoms with E-state index in [1.54, 1.807) is 34.6 Å². The SMILES string of the molecule is CCN(CC(C)C#N)C(=O)NC(C)(C)C(C)(C)C(=O)O. The second kappa shape index (κ2) is 6.60. The minimum absolute atomic E-state index is 0.267. The highest BCUT2D eigenvalue weighted by Crippen LogP contribution is 2.30. The van der Waals surface area contributed by atoms with Gasteiger partial charge in [0, 0.05) is 13.1 Å². The predicted molar refractivity (Wildman–Crippen MR) is 76.1 cm³/mol. The highest BCUT2D eigenvalue weighted by Gasteiger charge is 2.44. The Hall–Kier alpha value is -1.77. The van der Waals surface area contributed by atoms with Crippen LogP contribution < -0.4 is 5.32 Å². The van der Waals surface area contributed by atoms with E-state index in [0.29, 0.717) is 13.1 Å². The third-order valence-corrected chi connectivity index (χ3v) is 3.90. The van der Waals surface area contributed by atoms with E-state index in [9.17, 15) is 14.7 Å². The molecule has 6 heteroatoms. The Bertz CT molecular complexity index is 410. The molecule has 1 atom stereocenters. The molecule has 0 aromatic carbocycles. The van der Waals surface area contributed by atoms with Gasteiger partial charge in [-0.15, -0.1) is 0 Å². The van der Waals surface area contributed by atoms with Crippen LogP contribution in [0.4, 0.5) is 4.79 Å². The van der Waals surface area contributed by atoms with Crippen molar-refractivity contribution in [2.24, 2.45) is 11.3 Å². The molecule has 0 aromatic heterocycles. The van der Waals surface area contributed by atoms with Crippen LogP contribution in [0.2, 0.25) is 0 Å². The highest BCUT2D eigenvalue weighted by atomic mass is 16.4. The number of nitrogens with zero attached hydrogens (tertiary/aromatic N) is 2. The van der Waals surface area contributed by atoms with E-state index in [1.807, 2.05) is 6.92 Å². The van der Waals surface area contributed by atoms with Crippen LogP contribution in [0, 0.1) is 22.7 Å². The molecule has 0 aromatic rings. The summed E-state index contributed by atoms with van der Waals surface area (Å²) in [5.41, 5.74) is -2.03. The molecule has 0 saturated heterocycles. The van der Waals surface area contributed by atoms with E-state index in [2.05, 4.69) is 11.4 Å². The molecule has 0 fully saturated rings. The van der Waals surface area contributed by atoms with Crippen LogP contribution in [-0.2, 0) is 4.79 Å². The van der Waals surface area contributed by atoms with Crippen molar-refractivity contribution >= 4 is 12.0 Å². The summed E-state index contributed by atoms with van der Waals surface area (Å²) in [6.07, 6.45) is 0. The molecule has 114 valence electrons. The number of nitriles is 1. The van der Waals surface area contributed by atoms with Gasteiger partial charge in [-0.25, -0.2) is 4.79 Å². The molecule has 0 aliphatic carbocycles. The van der Waals surface area contributed by atoms with Gasteiger partial charge >= 0.3 is 12.0 Å². The number of hydrogen-bond acceptors (Lipinski definition) is 3. The Kier molecular flexibility index (Phi) is 6.01. The summed E-state index contributed by atoms with van der Waals surface area (Å²) in [7, 11) is 0. The van der Waals surface area contributed by atoms with Gasteiger partial charge in [-0.3, -0.25) is 4.79 Å². The predicted octanol–water partition coefficient (Wildman–Crippen LogP) is 2.07. The number of carboxylic acid groups (broad SMARTS) is 1. The largest absolute Gasteiger partial charge is 0.481 e. The first-order valence-electron chi connectivity index (χ1n) is 6.69. The quantitative estimate of drug-likeness (QED) is 0.780. The molecule has 0 bridgehead atoms. The standard InChI is InChI=1S/C14H25N3O3/c1-7-17(9-10(2)8-15)12(20)16-14(5,6)13(3,4)11(18)19/h10H,7,9H2,1-6H3,(H,16,20)(H,18,19). The maximum Gasteiger partial charge on any atom is 0.317 e. The lowest BCUT2D eigenvalue weighted by molar-refractivity contribution is -0.150. The maximum atomic E-state index is 12.2. The fourth-order valence-corrected chi connectivity index (χ4v) is 1.50. The molecule has 0 saturated carbocycles. The number of amides is 2. The molecular formula is C14H25N3O3. The van der Waals surface area contributed by atoms with Crippen molar-refractivity contribution in [3.8, 4) is 6.07 Å². The molecular weight excluding hydrogens is 258 g/mol. The van der Waals surface area contributed by atoms with Crippen LogP contribution in [0.1, 0.15) is 41.5 Å². The number of nitrogens with one attached hydrogen (secondary N) is 1. The van der Waals surface area contributed by atoms with Crippen molar-refractivity contribution in [2.45, 2.75) is 47.1 Å². The summed E-state index contributed by atoms with van der Waals surface area (Å²) < 4.78 is 0.